The third kappa shape index (κ3) is 3.84. The molecule has 0 amide bonds. The number of rotatable bonds is 6. The van der Waals surface area contributed by atoms with Gasteiger partial charge in [-0.3, -0.25) is 0 Å². The third-order valence-corrected chi connectivity index (χ3v) is 8.00. The van der Waals surface area contributed by atoms with Crippen molar-refractivity contribution < 1.29 is 0 Å². The fourth-order valence-corrected chi connectivity index (χ4v) is 6.83. The van der Waals surface area contributed by atoms with E-state index < -0.39 is 0 Å². The summed E-state index contributed by atoms with van der Waals surface area (Å²) in [5.74, 6) is 4.94. The highest BCUT2D eigenvalue weighted by atomic mass is 14.5. The van der Waals surface area contributed by atoms with Crippen LogP contribution in [0.3, 0.4) is 0 Å². The third-order valence-electron chi connectivity index (χ3n) is 8.00. The first-order chi connectivity index (χ1) is 11.7. The molecule has 3 aliphatic carbocycles. The lowest BCUT2D eigenvalue weighted by Crippen LogP contribution is -2.44. The lowest BCUT2D eigenvalue weighted by molar-refractivity contribution is -0.0178. The number of nitriles is 1. The Morgan fingerprint density at radius 3 is 2.46 bits per heavy atom. The van der Waals surface area contributed by atoms with Gasteiger partial charge >= 0.3 is 0 Å². The maximum Gasteiger partial charge on any atom is 0.0689 e. The highest BCUT2D eigenvalue weighted by Gasteiger charge is 2.48. The van der Waals surface area contributed by atoms with Crippen LogP contribution in [0, 0.1) is 46.3 Å². The molecule has 136 valence electrons. The minimum absolute atomic E-state index is 0.0418. The van der Waals surface area contributed by atoms with Crippen molar-refractivity contribution in [3.63, 3.8) is 0 Å². The standard InChI is InChI=1S/C23H39N/c1-3-5-6-7-18-8-11-21-19(15-18)9-10-20-16-23(17-24,13-4-2)14-12-22(20)21/h18-22H,3-16H2,1-2H3. The van der Waals surface area contributed by atoms with Crippen LogP contribution in [-0.2, 0) is 0 Å². The first kappa shape index (κ1) is 18.3. The molecular weight excluding hydrogens is 290 g/mol. The van der Waals surface area contributed by atoms with E-state index in [-0.39, 0.29) is 5.41 Å². The molecule has 0 N–H and O–H groups in total. The molecule has 0 aromatic heterocycles. The zero-order valence-electron chi connectivity index (χ0n) is 16.2. The Labute approximate surface area is 150 Å². The van der Waals surface area contributed by atoms with E-state index in [9.17, 15) is 5.26 Å². The lowest BCUT2D eigenvalue weighted by atomic mass is 9.52. The van der Waals surface area contributed by atoms with E-state index in [0.29, 0.717) is 0 Å². The van der Waals surface area contributed by atoms with E-state index in [1.807, 2.05) is 0 Å². The molecule has 3 rings (SSSR count). The van der Waals surface area contributed by atoms with Gasteiger partial charge in [-0.25, -0.2) is 0 Å². The second kappa shape index (κ2) is 8.25. The molecule has 1 heteroatoms. The summed E-state index contributed by atoms with van der Waals surface area (Å²) in [6.45, 7) is 4.57. The van der Waals surface area contributed by atoms with Crippen LogP contribution in [0.5, 0.6) is 0 Å². The first-order valence-electron chi connectivity index (χ1n) is 11.1. The summed E-state index contributed by atoms with van der Waals surface area (Å²) in [4.78, 5) is 0. The Morgan fingerprint density at radius 2 is 1.71 bits per heavy atom. The molecule has 0 bridgehead atoms. The Bertz CT molecular complexity index is 436. The predicted molar refractivity (Wildman–Crippen MR) is 101 cm³/mol. The van der Waals surface area contributed by atoms with E-state index in [1.165, 1.54) is 83.5 Å². The van der Waals surface area contributed by atoms with Crippen LogP contribution < -0.4 is 0 Å². The molecule has 24 heavy (non-hydrogen) atoms. The van der Waals surface area contributed by atoms with Gasteiger partial charge in [-0.15, -0.1) is 0 Å². The van der Waals surface area contributed by atoms with Gasteiger partial charge < -0.3 is 0 Å². The minimum Gasteiger partial charge on any atom is -0.198 e. The molecule has 0 aromatic carbocycles. The van der Waals surface area contributed by atoms with Crippen molar-refractivity contribution in [3.8, 4) is 6.07 Å². The quantitative estimate of drug-likeness (QED) is 0.476. The van der Waals surface area contributed by atoms with Crippen molar-refractivity contribution >= 4 is 0 Å². The van der Waals surface area contributed by atoms with Crippen LogP contribution in [0.4, 0.5) is 0 Å². The predicted octanol–water partition coefficient (Wildman–Crippen LogP) is 7.12. The molecule has 6 atom stereocenters. The zero-order chi connectivity index (χ0) is 17.0. The Hall–Kier alpha value is -0.510. The average Bonchev–Trinajstić information content (AvgIpc) is 2.61. The van der Waals surface area contributed by atoms with E-state index in [4.69, 9.17) is 0 Å². The normalized spacial score (nSPS) is 42.0. The fourth-order valence-electron chi connectivity index (χ4n) is 6.83. The van der Waals surface area contributed by atoms with Crippen LogP contribution in [0.1, 0.15) is 104 Å². The summed E-state index contributed by atoms with van der Waals surface area (Å²) in [5.41, 5.74) is 0.0418. The van der Waals surface area contributed by atoms with E-state index in [0.717, 1.165) is 36.0 Å². The van der Waals surface area contributed by atoms with Crippen molar-refractivity contribution in [3.05, 3.63) is 0 Å². The highest BCUT2D eigenvalue weighted by Crippen LogP contribution is 2.56. The molecule has 0 radical (unpaired) electrons. The van der Waals surface area contributed by atoms with Gasteiger partial charge in [0.05, 0.1) is 11.5 Å². The van der Waals surface area contributed by atoms with Gasteiger partial charge in [0.25, 0.3) is 0 Å². The molecule has 3 saturated carbocycles. The fraction of sp³-hybridized carbons (Fsp3) is 0.957. The average molecular weight is 330 g/mol. The molecule has 0 aromatic rings. The van der Waals surface area contributed by atoms with Gasteiger partial charge in [-0.05, 0) is 81.0 Å². The second-order valence-corrected chi connectivity index (χ2v) is 9.49. The van der Waals surface area contributed by atoms with E-state index in [2.05, 4.69) is 19.9 Å². The van der Waals surface area contributed by atoms with Crippen molar-refractivity contribution in [2.45, 2.75) is 104 Å². The van der Waals surface area contributed by atoms with Gasteiger partial charge in [0.2, 0.25) is 0 Å². The van der Waals surface area contributed by atoms with Crippen LogP contribution in [0.2, 0.25) is 0 Å². The van der Waals surface area contributed by atoms with Gasteiger partial charge in [0.1, 0.15) is 0 Å². The maximum atomic E-state index is 9.78. The molecule has 3 aliphatic rings. The molecule has 1 nitrogen and oxygen atoms in total. The summed E-state index contributed by atoms with van der Waals surface area (Å²) in [7, 11) is 0. The Kier molecular flexibility index (Phi) is 6.28. The molecular formula is C23H39N. The van der Waals surface area contributed by atoms with Crippen molar-refractivity contribution in [1.82, 2.24) is 0 Å². The van der Waals surface area contributed by atoms with Gasteiger partial charge in [0.15, 0.2) is 0 Å². The summed E-state index contributed by atoms with van der Waals surface area (Å²) in [6, 6.07) is 2.76. The molecule has 3 fully saturated rings. The molecule has 0 aliphatic heterocycles. The molecule has 0 spiro atoms. The van der Waals surface area contributed by atoms with Crippen LogP contribution in [0.25, 0.3) is 0 Å². The smallest absolute Gasteiger partial charge is 0.0689 e. The van der Waals surface area contributed by atoms with Crippen molar-refractivity contribution in [2.24, 2.45) is 35.0 Å². The molecule has 0 heterocycles. The molecule has 6 unspecified atom stereocenters. The van der Waals surface area contributed by atoms with Crippen molar-refractivity contribution in [2.75, 3.05) is 0 Å². The highest BCUT2D eigenvalue weighted by molar-refractivity contribution is 5.06. The Morgan fingerprint density at radius 1 is 0.917 bits per heavy atom. The summed E-state index contributed by atoms with van der Waals surface area (Å²) in [6.07, 6.45) is 19.3. The number of hydrogen-bond acceptors (Lipinski definition) is 1. The van der Waals surface area contributed by atoms with Crippen LogP contribution >= 0.6 is 0 Å². The summed E-state index contributed by atoms with van der Waals surface area (Å²) >= 11 is 0. The van der Waals surface area contributed by atoms with Crippen LogP contribution in [0.15, 0.2) is 0 Å². The summed E-state index contributed by atoms with van der Waals surface area (Å²) in [5, 5.41) is 9.78. The second-order valence-electron chi connectivity index (χ2n) is 9.49. The SMILES string of the molecule is CCCCCC1CCC2C(CCC3CC(C#N)(CCC)CCC32)C1. The Balaban J connectivity index is 1.56. The number of fused-ring (bicyclic) bond motifs is 3. The summed E-state index contributed by atoms with van der Waals surface area (Å²) < 4.78 is 0. The molecule has 0 saturated heterocycles. The zero-order valence-corrected chi connectivity index (χ0v) is 16.2. The number of unbranched alkanes of at least 4 members (excludes halogenated alkanes) is 2. The van der Waals surface area contributed by atoms with Crippen molar-refractivity contribution in [1.29, 1.82) is 5.26 Å². The van der Waals surface area contributed by atoms with Gasteiger partial charge in [-0.2, -0.15) is 5.26 Å². The van der Waals surface area contributed by atoms with Gasteiger partial charge in [-0.1, -0.05) is 52.4 Å². The maximum absolute atomic E-state index is 9.78. The number of hydrogen-bond donors (Lipinski definition) is 0. The van der Waals surface area contributed by atoms with E-state index in [1.54, 1.807) is 0 Å². The van der Waals surface area contributed by atoms with Crippen LogP contribution in [-0.4, -0.2) is 0 Å². The first-order valence-corrected chi connectivity index (χ1v) is 11.1. The van der Waals surface area contributed by atoms with Gasteiger partial charge in [0, 0.05) is 0 Å². The monoisotopic (exact) mass is 329 g/mol. The topological polar surface area (TPSA) is 23.8 Å². The minimum atomic E-state index is 0.0418. The lowest BCUT2D eigenvalue weighted by Gasteiger charge is -2.52. The van der Waals surface area contributed by atoms with E-state index >= 15 is 0 Å². The largest absolute Gasteiger partial charge is 0.198 e. The number of nitrogens with zero attached hydrogens (tertiary/aromatic N) is 1.